The zero-order valence-electron chi connectivity index (χ0n) is 12.1. The van der Waals surface area contributed by atoms with Gasteiger partial charge in [0.05, 0.1) is 16.2 Å². The molecule has 18 heavy (non-hydrogen) atoms. The molecular formula is C14H26N2OS. The van der Waals surface area contributed by atoms with Crippen molar-refractivity contribution in [3.8, 4) is 0 Å². The lowest BCUT2D eigenvalue weighted by Crippen LogP contribution is -2.58. The van der Waals surface area contributed by atoms with E-state index in [1.165, 1.54) is 12.8 Å². The van der Waals surface area contributed by atoms with Crippen molar-refractivity contribution in [2.75, 3.05) is 19.6 Å². The largest absolute Gasteiger partial charge is 0.393 e. The second-order valence-electron chi connectivity index (χ2n) is 7.41. The van der Waals surface area contributed by atoms with Gasteiger partial charge in [0.25, 0.3) is 0 Å². The first kappa shape index (κ1) is 14.2. The summed E-state index contributed by atoms with van der Waals surface area (Å²) in [4.78, 5) is 3.20. The van der Waals surface area contributed by atoms with Crippen LogP contribution >= 0.6 is 12.2 Å². The number of nitrogens with two attached hydrogens (primary N) is 1. The van der Waals surface area contributed by atoms with E-state index in [9.17, 15) is 0 Å². The van der Waals surface area contributed by atoms with Crippen molar-refractivity contribution in [1.82, 2.24) is 4.90 Å². The molecule has 0 unspecified atom stereocenters. The van der Waals surface area contributed by atoms with E-state index in [1.807, 2.05) is 0 Å². The minimum atomic E-state index is -0.0684. The Labute approximate surface area is 116 Å². The van der Waals surface area contributed by atoms with Crippen molar-refractivity contribution < 1.29 is 4.74 Å². The molecule has 0 spiro atoms. The Kier molecular flexibility index (Phi) is 3.50. The van der Waals surface area contributed by atoms with Crippen molar-refractivity contribution in [2.24, 2.45) is 11.1 Å². The van der Waals surface area contributed by atoms with E-state index in [0.717, 1.165) is 26.1 Å². The molecule has 1 heterocycles. The number of nitrogens with zero attached hydrogens (tertiary/aromatic N) is 1. The summed E-state index contributed by atoms with van der Waals surface area (Å²) in [5.74, 6) is 0. The molecule has 0 amide bonds. The maximum absolute atomic E-state index is 6.12. The summed E-state index contributed by atoms with van der Waals surface area (Å²) < 4.78 is 6.12. The third-order valence-corrected chi connectivity index (χ3v) is 3.97. The van der Waals surface area contributed by atoms with Crippen molar-refractivity contribution in [3.63, 3.8) is 0 Å². The van der Waals surface area contributed by atoms with Crippen molar-refractivity contribution in [3.05, 3.63) is 0 Å². The molecule has 4 heteroatoms. The van der Waals surface area contributed by atoms with Crippen molar-refractivity contribution in [2.45, 2.75) is 58.2 Å². The van der Waals surface area contributed by atoms with Gasteiger partial charge in [0, 0.05) is 26.1 Å². The number of ether oxygens (including phenoxy) is 1. The van der Waals surface area contributed by atoms with Crippen LogP contribution in [-0.2, 0) is 4.74 Å². The Hall–Kier alpha value is -0.190. The summed E-state index contributed by atoms with van der Waals surface area (Å²) in [7, 11) is 0. The molecule has 0 aromatic rings. The highest BCUT2D eigenvalue weighted by molar-refractivity contribution is 7.80. The van der Waals surface area contributed by atoms with Crippen LogP contribution in [0.15, 0.2) is 0 Å². The predicted octanol–water partition coefficient (Wildman–Crippen LogP) is 2.33. The first-order valence-electron chi connectivity index (χ1n) is 6.82. The summed E-state index contributed by atoms with van der Waals surface area (Å²) in [6.07, 6.45) is 3.44. The quantitative estimate of drug-likeness (QED) is 0.796. The summed E-state index contributed by atoms with van der Waals surface area (Å²) in [6, 6.07) is 0. The number of hydrogen-bond donors (Lipinski definition) is 1. The van der Waals surface area contributed by atoms with Crippen LogP contribution in [-0.4, -0.2) is 40.7 Å². The molecule has 2 aliphatic rings. The molecule has 2 rings (SSSR count). The SMILES string of the molecule is CC1(C)CN(CC2(CC(N)=S)CC2)CC(C)(C)O1. The zero-order valence-corrected chi connectivity index (χ0v) is 12.9. The highest BCUT2D eigenvalue weighted by Gasteiger charge is 2.47. The van der Waals surface area contributed by atoms with Crippen LogP contribution in [0.25, 0.3) is 0 Å². The van der Waals surface area contributed by atoms with E-state index in [1.54, 1.807) is 0 Å². The lowest BCUT2D eigenvalue weighted by Gasteiger charge is -2.48. The smallest absolute Gasteiger partial charge is 0.0760 e. The van der Waals surface area contributed by atoms with Crippen LogP contribution in [0, 0.1) is 5.41 Å². The van der Waals surface area contributed by atoms with Gasteiger partial charge in [-0.3, -0.25) is 4.90 Å². The summed E-state index contributed by atoms with van der Waals surface area (Å²) in [5.41, 5.74) is 5.95. The third-order valence-electron chi connectivity index (χ3n) is 3.83. The van der Waals surface area contributed by atoms with Gasteiger partial charge in [0.15, 0.2) is 0 Å². The predicted molar refractivity (Wildman–Crippen MR) is 78.8 cm³/mol. The van der Waals surface area contributed by atoms with E-state index >= 15 is 0 Å². The normalized spacial score (nSPS) is 28.9. The van der Waals surface area contributed by atoms with Gasteiger partial charge >= 0.3 is 0 Å². The van der Waals surface area contributed by atoms with Crippen molar-refractivity contribution in [1.29, 1.82) is 0 Å². The molecule has 2 fully saturated rings. The highest BCUT2D eigenvalue weighted by Crippen LogP contribution is 2.50. The fourth-order valence-corrected chi connectivity index (χ4v) is 3.77. The van der Waals surface area contributed by atoms with Gasteiger partial charge in [-0.05, 0) is 46.0 Å². The second-order valence-corrected chi connectivity index (χ2v) is 7.93. The molecule has 3 nitrogen and oxygen atoms in total. The molecule has 1 saturated heterocycles. The summed E-state index contributed by atoms with van der Waals surface area (Å²) >= 11 is 5.08. The summed E-state index contributed by atoms with van der Waals surface area (Å²) in [5, 5.41) is 0. The van der Waals surface area contributed by atoms with Crippen LogP contribution in [0.2, 0.25) is 0 Å². The van der Waals surface area contributed by atoms with E-state index in [2.05, 4.69) is 32.6 Å². The zero-order chi connectivity index (χ0) is 13.6. The minimum Gasteiger partial charge on any atom is -0.393 e. The maximum atomic E-state index is 6.12. The molecule has 0 aromatic heterocycles. The van der Waals surface area contributed by atoms with Crippen LogP contribution in [0.1, 0.15) is 47.0 Å². The first-order valence-corrected chi connectivity index (χ1v) is 7.23. The van der Waals surface area contributed by atoms with Crippen LogP contribution in [0.3, 0.4) is 0 Å². The number of morpholine rings is 1. The van der Waals surface area contributed by atoms with Crippen molar-refractivity contribution >= 4 is 17.2 Å². The number of rotatable bonds is 4. The summed E-state index contributed by atoms with van der Waals surface area (Å²) in [6.45, 7) is 11.8. The Balaban J connectivity index is 1.99. The van der Waals surface area contributed by atoms with Crippen LogP contribution < -0.4 is 5.73 Å². The maximum Gasteiger partial charge on any atom is 0.0760 e. The topological polar surface area (TPSA) is 38.5 Å². The molecule has 0 aromatic carbocycles. The van der Waals surface area contributed by atoms with E-state index < -0.39 is 0 Å². The number of hydrogen-bond acceptors (Lipinski definition) is 3. The fraction of sp³-hybridized carbons (Fsp3) is 0.929. The Morgan fingerprint density at radius 3 is 2.06 bits per heavy atom. The lowest BCUT2D eigenvalue weighted by molar-refractivity contribution is -0.182. The molecule has 1 aliphatic carbocycles. The van der Waals surface area contributed by atoms with Crippen LogP contribution in [0.4, 0.5) is 0 Å². The van der Waals surface area contributed by atoms with Gasteiger partial charge in [0.2, 0.25) is 0 Å². The molecule has 0 radical (unpaired) electrons. The Bertz CT molecular complexity index is 332. The van der Waals surface area contributed by atoms with Gasteiger partial charge in [-0.1, -0.05) is 12.2 Å². The monoisotopic (exact) mass is 270 g/mol. The van der Waals surface area contributed by atoms with Gasteiger partial charge in [-0.2, -0.15) is 0 Å². The number of thiocarbonyl (C=S) groups is 1. The fourth-order valence-electron chi connectivity index (χ4n) is 3.47. The Morgan fingerprint density at radius 1 is 1.17 bits per heavy atom. The van der Waals surface area contributed by atoms with E-state index in [4.69, 9.17) is 22.7 Å². The average molecular weight is 270 g/mol. The average Bonchev–Trinajstić information content (AvgIpc) is 2.75. The Morgan fingerprint density at radius 2 is 1.67 bits per heavy atom. The minimum absolute atomic E-state index is 0.0684. The molecule has 104 valence electrons. The van der Waals surface area contributed by atoms with Crippen LogP contribution in [0.5, 0.6) is 0 Å². The third kappa shape index (κ3) is 3.65. The second kappa shape index (κ2) is 4.43. The molecule has 0 bridgehead atoms. The molecule has 0 atom stereocenters. The van der Waals surface area contributed by atoms with E-state index in [0.29, 0.717) is 10.4 Å². The van der Waals surface area contributed by atoms with Gasteiger partial charge in [-0.25, -0.2) is 0 Å². The molecule has 2 N–H and O–H groups in total. The highest BCUT2D eigenvalue weighted by atomic mass is 32.1. The molecule has 1 saturated carbocycles. The first-order chi connectivity index (χ1) is 8.12. The van der Waals surface area contributed by atoms with E-state index in [-0.39, 0.29) is 11.2 Å². The van der Waals surface area contributed by atoms with Gasteiger partial charge in [-0.15, -0.1) is 0 Å². The molecule has 1 aliphatic heterocycles. The lowest BCUT2D eigenvalue weighted by atomic mass is 9.95. The van der Waals surface area contributed by atoms with Gasteiger partial charge < -0.3 is 10.5 Å². The molecular weight excluding hydrogens is 244 g/mol. The standard InChI is InChI=1S/C14H26N2OS/c1-12(2)8-16(9-13(3,4)17-12)10-14(5-6-14)7-11(15)18/h5-10H2,1-4H3,(H2,15,18). The van der Waals surface area contributed by atoms with Gasteiger partial charge in [0.1, 0.15) is 0 Å².